The van der Waals surface area contributed by atoms with Crippen LogP contribution in [0, 0.1) is 13.8 Å². The van der Waals surface area contributed by atoms with E-state index in [1.165, 1.54) is 0 Å². The number of piperazine rings is 1. The Hall–Kier alpha value is -1.92. The zero-order chi connectivity index (χ0) is 18.8. The van der Waals surface area contributed by atoms with Gasteiger partial charge >= 0.3 is 0 Å². The molecule has 0 aliphatic carbocycles. The van der Waals surface area contributed by atoms with Crippen LogP contribution >= 0.6 is 15.9 Å². The van der Waals surface area contributed by atoms with Gasteiger partial charge in [-0.3, -0.25) is 14.5 Å². The quantitative estimate of drug-likeness (QED) is 0.718. The average Bonchev–Trinajstić information content (AvgIpc) is 2.90. The van der Waals surface area contributed by atoms with Crippen LogP contribution in [-0.4, -0.2) is 58.8 Å². The fourth-order valence-corrected chi connectivity index (χ4v) is 3.57. The zero-order valence-corrected chi connectivity index (χ0v) is 17.0. The number of Topliss-reactive ketones (excluding diaryl/α,β-unsaturated/α-hetero) is 1. The summed E-state index contributed by atoms with van der Waals surface area (Å²) in [6.45, 7) is 7.14. The maximum Gasteiger partial charge on any atom is 0.253 e. The van der Waals surface area contributed by atoms with Gasteiger partial charge in [-0.15, -0.1) is 0 Å². The summed E-state index contributed by atoms with van der Waals surface area (Å²) in [5.74, 6) is 0.205. The maximum atomic E-state index is 12.6. The van der Waals surface area contributed by atoms with Gasteiger partial charge in [0.25, 0.3) is 5.91 Å². The van der Waals surface area contributed by atoms with Crippen molar-refractivity contribution in [3.05, 3.63) is 57.3 Å². The van der Waals surface area contributed by atoms with E-state index < -0.39 is 0 Å². The van der Waals surface area contributed by atoms with Crippen LogP contribution in [0.1, 0.15) is 32.1 Å². The molecule has 1 amide bonds. The van der Waals surface area contributed by atoms with E-state index >= 15 is 0 Å². The van der Waals surface area contributed by atoms with Crippen molar-refractivity contribution in [1.82, 2.24) is 14.4 Å². The molecule has 1 aliphatic heterocycles. The van der Waals surface area contributed by atoms with Gasteiger partial charge < -0.3 is 9.47 Å². The van der Waals surface area contributed by atoms with Gasteiger partial charge in [-0.1, -0.05) is 15.9 Å². The number of aromatic nitrogens is 1. The third-order valence-corrected chi connectivity index (χ3v) is 5.72. The number of carbonyl (C=O) groups is 2. The average molecular weight is 418 g/mol. The summed E-state index contributed by atoms with van der Waals surface area (Å²) < 4.78 is 3.01. The van der Waals surface area contributed by atoms with E-state index in [0.717, 1.165) is 34.5 Å². The monoisotopic (exact) mass is 417 g/mol. The first kappa shape index (κ1) is 18.9. The number of amides is 1. The summed E-state index contributed by atoms with van der Waals surface area (Å²) in [4.78, 5) is 29.2. The highest BCUT2D eigenvalue weighted by Crippen LogP contribution is 2.16. The summed E-state index contributed by atoms with van der Waals surface area (Å²) in [5, 5.41) is 0. The molecule has 1 aromatic heterocycles. The predicted molar refractivity (Wildman–Crippen MR) is 106 cm³/mol. The molecule has 0 unspecified atom stereocenters. The number of ketones is 1. The standard InChI is InChI=1S/C20H24BrN3O2/c1-14-12-18(15(2)22(14)3)19(25)13-23-8-10-24(11-9-23)20(26)16-4-6-17(21)7-5-16/h4-7,12H,8-11,13H2,1-3H3. The SMILES string of the molecule is Cc1cc(C(=O)CN2CCN(C(=O)c3ccc(Br)cc3)CC2)c(C)n1C. The van der Waals surface area contributed by atoms with E-state index in [1.807, 2.05) is 60.7 Å². The van der Waals surface area contributed by atoms with Gasteiger partial charge in [0.2, 0.25) is 0 Å². The van der Waals surface area contributed by atoms with Crippen molar-refractivity contribution < 1.29 is 9.59 Å². The topological polar surface area (TPSA) is 45.6 Å². The molecule has 5 nitrogen and oxygen atoms in total. The Balaban J connectivity index is 1.56. The van der Waals surface area contributed by atoms with Gasteiger partial charge in [0, 0.05) is 60.2 Å². The molecule has 1 fully saturated rings. The first-order valence-electron chi connectivity index (χ1n) is 8.80. The number of aryl methyl sites for hydroxylation is 1. The fraction of sp³-hybridized carbons (Fsp3) is 0.400. The van der Waals surface area contributed by atoms with Crippen LogP contribution in [0.5, 0.6) is 0 Å². The van der Waals surface area contributed by atoms with E-state index in [-0.39, 0.29) is 11.7 Å². The lowest BCUT2D eigenvalue weighted by Gasteiger charge is -2.34. The summed E-state index contributed by atoms with van der Waals surface area (Å²) in [7, 11) is 1.98. The first-order chi connectivity index (χ1) is 12.4. The molecule has 1 aromatic carbocycles. The van der Waals surface area contributed by atoms with E-state index in [0.29, 0.717) is 25.2 Å². The highest BCUT2D eigenvalue weighted by Gasteiger charge is 2.24. The molecule has 0 N–H and O–H groups in total. The van der Waals surface area contributed by atoms with Crippen LogP contribution in [-0.2, 0) is 7.05 Å². The molecule has 26 heavy (non-hydrogen) atoms. The van der Waals surface area contributed by atoms with Crippen molar-refractivity contribution in [3.8, 4) is 0 Å². The molecule has 3 rings (SSSR count). The minimum Gasteiger partial charge on any atom is -0.351 e. The molecule has 0 atom stereocenters. The lowest BCUT2D eigenvalue weighted by molar-refractivity contribution is 0.0624. The molecule has 1 aliphatic rings. The Morgan fingerprint density at radius 1 is 1.04 bits per heavy atom. The second-order valence-corrected chi connectivity index (χ2v) is 7.76. The van der Waals surface area contributed by atoms with Crippen molar-refractivity contribution >= 4 is 27.6 Å². The van der Waals surface area contributed by atoms with Gasteiger partial charge in [-0.25, -0.2) is 0 Å². The normalized spacial score (nSPS) is 15.3. The van der Waals surface area contributed by atoms with Crippen LogP contribution in [0.4, 0.5) is 0 Å². The van der Waals surface area contributed by atoms with E-state index in [4.69, 9.17) is 0 Å². The van der Waals surface area contributed by atoms with Crippen LogP contribution in [0.25, 0.3) is 0 Å². The zero-order valence-electron chi connectivity index (χ0n) is 15.5. The number of hydrogen-bond acceptors (Lipinski definition) is 3. The molecule has 0 saturated carbocycles. The van der Waals surface area contributed by atoms with Crippen LogP contribution < -0.4 is 0 Å². The van der Waals surface area contributed by atoms with Crippen molar-refractivity contribution in [2.24, 2.45) is 7.05 Å². The van der Waals surface area contributed by atoms with Gasteiger partial charge in [-0.2, -0.15) is 0 Å². The van der Waals surface area contributed by atoms with Crippen molar-refractivity contribution in [1.29, 1.82) is 0 Å². The molecule has 2 aromatic rings. The minimum absolute atomic E-state index is 0.0537. The minimum atomic E-state index is 0.0537. The molecule has 1 saturated heterocycles. The molecule has 0 spiro atoms. The highest BCUT2D eigenvalue weighted by molar-refractivity contribution is 9.10. The fourth-order valence-electron chi connectivity index (χ4n) is 3.31. The van der Waals surface area contributed by atoms with Crippen molar-refractivity contribution in [2.45, 2.75) is 13.8 Å². The largest absolute Gasteiger partial charge is 0.351 e. The smallest absolute Gasteiger partial charge is 0.253 e. The Morgan fingerprint density at radius 3 is 2.19 bits per heavy atom. The molecular weight excluding hydrogens is 394 g/mol. The van der Waals surface area contributed by atoms with Crippen molar-refractivity contribution in [2.75, 3.05) is 32.7 Å². The third kappa shape index (κ3) is 3.91. The van der Waals surface area contributed by atoms with E-state index in [1.54, 1.807) is 0 Å². The Labute approximate surface area is 162 Å². The Bertz CT molecular complexity index is 818. The Morgan fingerprint density at radius 2 is 1.65 bits per heavy atom. The summed E-state index contributed by atoms with van der Waals surface area (Å²) in [5.41, 5.74) is 3.61. The van der Waals surface area contributed by atoms with E-state index in [2.05, 4.69) is 20.8 Å². The van der Waals surface area contributed by atoms with Crippen LogP contribution in [0.3, 0.4) is 0 Å². The summed E-state index contributed by atoms with van der Waals surface area (Å²) >= 11 is 3.39. The van der Waals surface area contributed by atoms with Gasteiger partial charge in [-0.05, 0) is 44.2 Å². The number of carbonyl (C=O) groups excluding carboxylic acids is 2. The molecular formula is C20H24BrN3O2. The van der Waals surface area contributed by atoms with Crippen molar-refractivity contribution in [3.63, 3.8) is 0 Å². The second-order valence-electron chi connectivity index (χ2n) is 6.84. The summed E-state index contributed by atoms with van der Waals surface area (Å²) in [6.07, 6.45) is 0. The number of hydrogen-bond donors (Lipinski definition) is 0. The highest BCUT2D eigenvalue weighted by atomic mass is 79.9. The van der Waals surface area contributed by atoms with Gasteiger partial charge in [0.05, 0.1) is 6.54 Å². The number of halogens is 1. The molecule has 6 heteroatoms. The Kier molecular flexibility index (Phi) is 5.63. The summed E-state index contributed by atoms with van der Waals surface area (Å²) in [6, 6.07) is 9.40. The van der Waals surface area contributed by atoms with Crippen LogP contribution in [0.15, 0.2) is 34.8 Å². The third-order valence-electron chi connectivity index (χ3n) is 5.19. The van der Waals surface area contributed by atoms with E-state index in [9.17, 15) is 9.59 Å². The number of benzene rings is 1. The molecule has 0 radical (unpaired) electrons. The second kappa shape index (κ2) is 7.76. The molecule has 0 bridgehead atoms. The lowest BCUT2D eigenvalue weighted by Crippen LogP contribution is -2.49. The van der Waals surface area contributed by atoms with Gasteiger partial charge in [0.1, 0.15) is 0 Å². The lowest BCUT2D eigenvalue weighted by atomic mass is 10.1. The first-order valence-corrected chi connectivity index (χ1v) is 9.59. The number of nitrogens with zero attached hydrogens (tertiary/aromatic N) is 3. The van der Waals surface area contributed by atoms with Crippen LogP contribution in [0.2, 0.25) is 0 Å². The maximum absolute atomic E-state index is 12.6. The molecule has 138 valence electrons. The molecule has 2 heterocycles. The van der Waals surface area contributed by atoms with Gasteiger partial charge in [0.15, 0.2) is 5.78 Å². The number of rotatable bonds is 4. The predicted octanol–water partition coefficient (Wildman–Crippen LogP) is 3.05.